The van der Waals surface area contributed by atoms with Crippen LogP contribution in [0.15, 0.2) is 24.3 Å². The van der Waals surface area contributed by atoms with Crippen LogP contribution in [-0.2, 0) is 6.54 Å². The number of benzene rings is 2. The second-order valence-electron chi connectivity index (χ2n) is 4.96. The lowest BCUT2D eigenvalue weighted by molar-refractivity contribution is 0.628. The van der Waals surface area contributed by atoms with E-state index in [0.29, 0.717) is 12.2 Å². The van der Waals surface area contributed by atoms with Crippen LogP contribution < -0.4 is 5.32 Å². The van der Waals surface area contributed by atoms with Gasteiger partial charge in [0, 0.05) is 6.54 Å². The maximum Gasteiger partial charge on any atom is 0.126 e. The van der Waals surface area contributed by atoms with Crippen molar-refractivity contribution in [1.29, 1.82) is 0 Å². The smallest absolute Gasteiger partial charge is 0.126 e. The summed E-state index contributed by atoms with van der Waals surface area (Å²) in [6.07, 6.45) is 0. The average molecular weight is 312 g/mol. The first-order valence-electron chi connectivity index (χ1n) is 6.33. The Bertz CT molecular complexity index is 630. The molecule has 4 heteroatoms. The predicted molar refractivity (Wildman–Crippen MR) is 84.4 cm³/mol. The molecule has 106 valence electrons. The van der Waals surface area contributed by atoms with Crippen molar-refractivity contribution in [2.45, 2.75) is 27.3 Å². The van der Waals surface area contributed by atoms with Crippen molar-refractivity contribution in [3.63, 3.8) is 0 Å². The topological polar surface area (TPSA) is 12.0 Å². The molecule has 0 bridgehead atoms. The third kappa shape index (κ3) is 3.25. The van der Waals surface area contributed by atoms with Gasteiger partial charge in [0.25, 0.3) is 0 Å². The summed E-state index contributed by atoms with van der Waals surface area (Å²) in [6, 6.07) is 6.80. The molecule has 0 radical (unpaired) electrons. The molecule has 2 aromatic carbocycles. The van der Waals surface area contributed by atoms with Crippen LogP contribution >= 0.6 is 23.2 Å². The van der Waals surface area contributed by atoms with E-state index in [1.807, 2.05) is 0 Å². The number of hydrogen-bond acceptors (Lipinski definition) is 1. The van der Waals surface area contributed by atoms with Crippen molar-refractivity contribution in [2.24, 2.45) is 0 Å². The molecular weight excluding hydrogens is 296 g/mol. The summed E-state index contributed by atoms with van der Waals surface area (Å²) in [4.78, 5) is 0. The van der Waals surface area contributed by atoms with Crippen molar-refractivity contribution < 1.29 is 4.39 Å². The standard InChI is InChI=1S/C16H16Cl2FN/c1-9-4-11(3)12(5-10(9)2)8-20-16-14(17)6-13(19)7-15(16)18/h4-7,20H,8H2,1-3H3. The monoisotopic (exact) mass is 311 g/mol. The Balaban J connectivity index is 2.23. The van der Waals surface area contributed by atoms with Crippen molar-refractivity contribution >= 4 is 28.9 Å². The van der Waals surface area contributed by atoms with Gasteiger partial charge in [0.1, 0.15) is 5.82 Å². The van der Waals surface area contributed by atoms with E-state index in [0.717, 1.165) is 0 Å². The van der Waals surface area contributed by atoms with Crippen molar-refractivity contribution in [3.8, 4) is 0 Å². The summed E-state index contributed by atoms with van der Waals surface area (Å²) >= 11 is 12.0. The maximum absolute atomic E-state index is 13.1. The molecular formula is C16H16Cl2FN. The lowest BCUT2D eigenvalue weighted by Gasteiger charge is -2.14. The highest BCUT2D eigenvalue weighted by atomic mass is 35.5. The van der Waals surface area contributed by atoms with Crippen LogP contribution in [0.1, 0.15) is 22.3 Å². The molecule has 0 heterocycles. The minimum atomic E-state index is -0.437. The van der Waals surface area contributed by atoms with Gasteiger partial charge in [0.2, 0.25) is 0 Å². The number of nitrogens with one attached hydrogen (secondary N) is 1. The van der Waals surface area contributed by atoms with Gasteiger partial charge in [-0.15, -0.1) is 0 Å². The molecule has 0 aromatic heterocycles. The molecule has 1 N–H and O–H groups in total. The van der Waals surface area contributed by atoms with E-state index in [4.69, 9.17) is 23.2 Å². The number of anilines is 1. The Morgan fingerprint density at radius 2 is 1.45 bits per heavy atom. The summed E-state index contributed by atoms with van der Waals surface area (Å²) in [7, 11) is 0. The number of halogens is 3. The van der Waals surface area contributed by atoms with Crippen LogP contribution in [0, 0.1) is 26.6 Å². The summed E-state index contributed by atoms with van der Waals surface area (Å²) in [5.41, 5.74) is 5.44. The van der Waals surface area contributed by atoms with E-state index in [2.05, 4.69) is 38.2 Å². The predicted octanol–water partition coefficient (Wildman–Crippen LogP) is 5.67. The van der Waals surface area contributed by atoms with Crippen LogP contribution in [0.3, 0.4) is 0 Å². The van der Waals surface area contributed by atoms with Crippen molar-refractivity contribution in [3.05, 3.63) is 62.4 Å². The van der Waals surface area contributed by atoms with Gasteiger partial charge in [0.05, 0.1) is 15.7 Å². The van der Waals surface area contributed by atoms with Crippen LogP contribution in [0.4, 0.5) is 10.1 Å². The molecule has 0 aliphatic rings. The van der Waals surface area contributed by atoms with Crippen molar-refractivity contribution in [1.82, 2.24) is 0 Å². The quantitative estimate of drug-likeness (QED) is 0.770. The molecule has 2 aromatic rings. The Hall–Kier alpha value is -1.25. The number of rotatable bonds is 3. The minimum Gasteiger partial charge on any atom is -0.379 e. The number of aryl methyl sites for hydroxylation is 3. The van der Waals surface area contributed by atoms with E-state index in [9.17, 15) is 4.39 Å². The Labute approximate surface area is 128 Å². The normalized spacial score (nSPS) is 10.7. The molecule has 2 rings (SSSR count). The lowest BCUT2D eigenvalue weighted by atomic mass is 10.0. The first-order chi connectivity index (χ1) is 9.38. The van der Waals surface area contributed by atoms with E-state index >= 15 is 0 Å². The highest BCUT2D eigenvalue weighted by Crippen LogP contribution is 2.32. The molecule has 0 aliphatic carbocycles. The SMILES string of the molecule is Cc1cc(C)c(CNc2c(Cl)cc(F)cc2Cl)cc1C. The third-order valence-corrected chi connectivity index (χ3v) is 4.01. The second-order valence-corrected chi connectivity index (χ2v) is 5.78. The Morgan fingerprint density at radius 1 is 0.900 bits per heavy atom. The molecule has 0 amide bonds. The van der Waals surface area contributed by atoms with Crippen LogP contribution in [0.25, 0.3) is 0 Å². The average Bonchev–Trinajstić information content (AvgIpc) is 2.33. The fourth-order valence-electron chi connectivity index (χ4n) is 2.11. The first kappa shape index (κ1) is 15.1. The summed E-state index contributed by atoms with van der Waals surface area (Å²) < 4.78 is 13.1. The van der Waals surface area contributed by atoms with E-state index in [-0.39, 0.29) is 10.0 Å². The van der Waals surface area contributed by atoms with Gasteiger partial charge >= 0.3 is 0 Å². The zero-order valence-corrected chi connectivity index (χ0v) is 13.2. The van der Waals surface area contributed by atoms with E-state index in [1.54, 1.807) is 0 Å². The molecule has 1 nitrogen and oxygen atoms in total. The minimum absolute atomic E-state index is 0.288. The van der Waals surface area contributed by atoms with Gasteiger partial charge in [-0.25, -0.2) is 4.39 Å². The zero-order valence-electron chi connectivity index (χ0n) is 11.7. The zero-order chi connectivity index (χ0) is 14.9. The Kier molecular flexibility index (Phi) is 4.56. The van der Waals surface area contributed by atoms with Gasteiger partial charge in [-0.3, -0.25) is 0 Å². The molecule has 0 unspecified atom stereocenters. The lowest BCUT2D eigenvalue weighted by Crippen LogP contribution is -2.04. The largest absolute Gasteiger partial charge is 0.379 e. The molecule has 0 fully saturated rings. The molecule has 0 spiro atoms. The van der Waals surface area contributed by atoms with E-state index in [1.165, 1.54) is 34.4 Å². The van der Waals surface area contributed by atoms with E-state index < -0.39 is 5.82 Å². The molecule has 0 saturated carbocycles. The molecule has 0 saturated heterocycles. The maximum atomic E-state index is 13.1. The molecule has 0 atom stereocenters. The fourth-order valence-corrected chi connectivity index (χ4v) is 2.70. The molecule has 0 aliphatic heterocycles. The van der Waals surface area contributed by atoms with Gasteiger partial charge in [-0.05, 0) is 55.2 Å². The third-order valence-electron chi connectivity index (χ3n) is 3.41. The highest BCUT2D eigenvalue weighted by molar-refractivity contribution is 6.39. The van der Waals surface area contributed by atoms with Crippen LogP contribution in [0.2, 0.25) is 10.0 Å². The van der Waals surface area contributed by atoms with Gasteiger partial charge in [0.15, 0.2) is 0 Å². The highest BCUT2D eigenvalue weighted by Gasteiger charge is 2.09. The Morgan fingerprint density at radius 3 is 2.05 bits per heavy atom. The second kappa shape index (κ2) is 6.02. The first-order valence-corrected chi connectivity index (χ1v) is 7.09. The van der Waals surface area contributed by atoms with Crippen LogP contribution in [0.5, 0.6) is 0 Å². The van der Waals surface area contributed by atoms with Crippen molar-refractivity contribution in [2.75, 3.05) is 5.32 Å². The number of hydrogen-bond donors (Lipinski definition) is 1. The van der Waals surface area contributed by atoms with Gasteiger partial charge in [-0.1, -0.05) is 35.3 Å². The summed E-state index contributed by atoms with van der Waals surface area (Å²) in [5, 5.41) is 3.76. The van der Waals surface area contributed by atoms with Gasteiger partial charge in [-0.2, -0.15) is 0 Å². The molecule has 20 heavy (non-hydrogen) atoms. The van der Waals surface area contributed by atoms with Crippen LogP contribution in [-0.4, -0.2) is 0 Å². The summed E-state index contributed by atoms with van der Waals surface area (Å²) in [5.74, 6) is -0.437. The fraction of sp³-hybridized carbons (Fsp3) is 0.250. The summed E-state index contributed by atoms with van der Waals surface area (Å²) in [6.45, 7) is 6.83. The van der Waals surface area contributed by atoms with Gasteiger partial charge < -0.3 is 5.32 Å².